The van der Waals surface area contributed by atoms with E-state index in [9.17, 15) is 4.79 Å². The Morgan fingerprint density at radius 2 is 2.04 bits per heavy atom. The van der Waals surface area contributed by atoms with Gasteiger partial charge in [0, 0.05) is 42.5 Å². The Balaban J connectivity index is 1.85. The van der Waals surface area contributed by atoms with Crippen molar-refractivity contribution in [3.63, 3.8) is 0 Å². The van der Waals surface area contributed by atoms with Crippen molar-refractivity contribution in [2.75, 3.05) is 25.2 Å². The lowest BCUT2D eigenvalue weighted by Crippen LogP contribution is -2.49. The summed E-state index contributed by atoms with van der Waals surface area (Å²) < 4.78 is 8.01. The highest BCUT2D eigenvalue weighted by molar-refractivity contribution is 8.20. The van der Waals surface area contributed by atoms with E-state index >= 15 is 0 Å². The van der Waals surface area contributed by atoms with E-state index in [4.69, 9.17) is 4.74 Å². The minimum absolute atomic E-state index is 0.00112. The highest BCUT2D eigenvalue weighted by Gasteiger charge is 2.57. The van der Waals surface area contributed by atoms with Crippen molar-refractivity contribution in [3.05, 3.63) is 35.5 Å². The number of likely N-dealkylation sites (tertiary alicyclic amines) is 1. The van der Waals surface area contributed by atoms with Crippen LogP contribution in [0.4, 0.5) is 0 Å². The number of para-hydroxylation sites is 1. The third-order valence-corrected chi connectivity index (χ3v) is 9.84. The summed E-state index contributed by atoms with van der Waals surface area (Å²) in [6, 6.07) is 8.86. The number of rotatable bonds is 3. The molecule has 3 aliphatic rings. The van der Waals surface area contributed by atoms with Crippen LogP contribution < -0.4 is 0 Å². The molecule has 2 aliphatic heterocycles. The number of benzene rings is 1. The molecule has 0 saturated carbocycles. The lowest BCUT2D eigenvalue weighted by Gasteiger charge is -2.50. The minimum Gasteiger partial charge on any atom is -0.364 e. The molecule has 0 N–H and O–H groups in total. The Hall–Kier alpha value is -1.11. The summed E-state index contributed by atoms with van der Waals surface area (Å²) >= 11 is 4.12. The molecule has 1 aromatic heterocycles. The van der Waals surface area contributed by atoms with Gasteiger partial charge in [-0.2, -0.15) is 0 Å². The number of methoxy groups -OCH3 is 1. The van der Waals surface area contributed by atoms with Gasteiger partial charge in [0.15, 0.2) is 0 Å². The van der Waals surface area contributed by atoms with Gasteiger partial charge in [0.1, 0.15) is 10.8 Å². The van der Waals surface area contributed by atoms with Crippen LogP contribution in [0.5, 0.6) is 0 Å². The molecule has 4 nitrogen and oxygen atoms in total. The molecule has 1 spiro atoms. The second-order valence-electron chi connectivity index (χ2n) is 7.32. The van der Waals surface area contributed by atoms with E-state index in [0.29, 0.717) is 25.0 Å². The van der Waals surface area contributed by atoms with E-state index in [1.807, 2.05) is 0 Å². The zero-order valence-electron chi connectivity index (χ0n) is 15.2. The number of hydrogen-bond donors (Lipinski definition) is 0. The molecule has 26 heavy (non-hydrogen) atoms. The predicted octanol–water partition coefficient (Wildman–Crippen LogP) is 4.19. The van der Waals surface area contributed by atoms with Crippen molar-refractivity contribution in [1.82, 2.24) is 9.47 Å². The largest absolute Gasteiger partial charge is 0.364 e. The molecule has 2 atom stereocenters. The number of amides is 1. The molecule has 2 aromatic rings. The quantitative estimate of drug-likeness (QED) is 0.790. The summed E-state index contributed by atoms with van der Waals surface area (Å²) in [5.41, 5.74) is 4.04. The van der Waals surface area contributed by atoms with Crippen LogP contribution in [0.2, 0.25) is 0 Å². The molecule has 138 valence electrons. The Morgan fingerprint density at radius 3 is 2.77 bits per heavy atom. The van der Waals surface area contributed by atoms with Crippen LogP contribution in [-0.4, -0.2) is 40.5 Å². The minimum atomic E-state index is -0.00112. The highest BCUT2D eigenvalue weighted by Crippen LogP contribution is 2.66. The number of aromatic nitrogens is 1. The Bertz CT molecular complexity index is 872. The van der Waals surface area contributed by atoms with Gasteiger partial charge >= 0.3 is 0 Å². The van der Waals surface area contributed by atoms with Crippen LogP contribution in [0.1, 0.15) is 37.1 Å². The standard InChI is InChI=1S/C20H24N2O2S2/c1-3-21-16-10-13(11-17(21)23)20(25-8-9-26-20)19-18(16)14-6-4-5-7-15(14)22(19)12-24-2/h4-7,13,16H,3,8-12H2,1-2H3/t13-,16-/m0/s1. The van der Waals surface area contributed by atoms with Crippen LogP contribution in [0.15, 0.2) is 24.3 Å². The summed E-state index contributed by atoms with van der Waals surface area (Å²) in [5, 5.41) is 1.30. The van der Waals surface area contributed by atoms with Crippen LogP contribution in [0.3, 0.4) is 0 Å². The summed E-state index contributed by atoms with van der Waals surface area (Å²) in [7, 11) is 1.77. The maximum Gasteiger partial charge on any atom is 0.223 e. The van der Waals surface area contributed by atoms with Gasteiger partial charge in [-0.15, -0.1) is 23.5 Å². The van der Waals surface area contributed by atoms with Gasteiger partial charge in [0.25, 0.3) is 0 Å². The van der Waals surface area contributed by atoms with Gasteiger partial charge < -0.3 is 14.2 Å². The molecule has 1 amide bonds. The van der Waals surface area contributed by atoms with Crippen molar-refractivity contribution in [2.24, 2.45) is 5.92 Å². The van der Waals surface area contributed by atoms with Gasteiger partial charge in [-0.1, -0.05) is 18.2 Å². The molecule has 2 saturated heterocycles. The summed E-state index contributed by atoms with van der Waals surface area (Å²) in [5.74, 6) is 3.06. The molecular weight excluding hydrogens is 364 g/mol. The number of fused-ring (bicyclic) bond motifs is 8. The van der Waals surface area contributed by atoms with Crippen LogP contribution in [0.25, 0.3) is 10.9 Å². The molecule has 1 aliphatic carbocycles. The molecule has 6 heteroatoms. The lowest BCUT2D eigenvalue weighted by atomic mass is 9.76. The fraction of sp³-hybridized carbons (Fsp3) is 0.550. The first-order valence-corrected chi connectivity index (χ1v) is 11.4. The van der Waals surface area contributed by atoms with Crippen molar-refractivity contribution < 1.29 is 9.53 Å². The monoisotopic (exact) mass is 388 g/mol. The van der Waals surface area contributed by atoms with Crippen LogP contribution in [-0.2, 0) is 20.3 Å². The molecule has 2 bridgehead atoms. The zero-order valence-corrected chi connectivity index (χ0v) is 16.9. The maximum atomic E-state index is 12.9. The molecule has 0 radical (unpaired) electrons. The number of hydrogen-bond acceptors (Lipinski definition) is 4. The lowest BCUT2D eigenvalue weighted by molar-refractivity contribution is -0.139. The summed E-state index contributed by atoms with van der Waals surface area (Å²) in [6.07, 6.45) is 1.77. The smallest absolute Gasteiger partial charge is 0.223 e. The van der Waals surface area contributed by atoms with Gasteiger partial charge in [-0.3, -0.25) is 4.79 Å². The molecule has 2 fully saturated rings. The van der Waals surface area contributed by atoms with Crippen LogP contribution >= 0.6 is 23.5 Å². The Morgan fingerprint density at radius 1 is 1.27 bits per heavy atom. The normalized spacial score (nSPS) is 26.7. The second kappa shape index (κ2) is 6.21. The molecule has 3 heterocycles. The third kappa shape index (κ3) is 2.12. The molecular formula is C20H24N2O2S2. The van der Waals surface area contributed by atoms with Gasteiger partial charge in [0.05, 0.1) is 17.3 Å². The van der Waals surface area contributed by atoms with Gasteiger partial charge in [-0.05, 0) is 25.3 Å². The van der Waals surface area contributed by atoms with Crippen molar-refractivity contribution in [1.29, 1.82) is 0 Å². The highest BCUT2D eigenvalue weighted by atomic mass is 32.2. The van der Waals surface area contributed by atoms with Crippen molar-refractivity contribution in [2.45, 2.75) is 36.6 Å². The van der Waals surface area contributed by atoms with Crippen LogP contribution in [0, 0.1) is 5.92 Å². The first-order chi connectivity index (χ1) is 12.7. The Kier molecular flexibility index (Phi) is 4.07. The first kappa shape index (κ1) is 17.0. The maximum absolute atomic E-state index is 12.9. The van der Waals surface area contributed by atoms with Gasteiger partial charge in [-0.25, -0.2) is 0 Å². The average Bonchev–Trinajstić information content (AvgIpc) is 3.25. The van der Waals surface area contributed by atoms with E-state index in [1.165, 1.54) is 22.2 Å². The topological polar surface area (TPSA) is 34.5 Å². The first-order valence-electron chi connectivity index (χ1n) is 9.39. The van der Waals surface area contributed by atoms with E-state index in [0.717, 1.165) is 24.5 Å². The summed E-state index contributed by atoms with van der Waals surface area (Å²) in [4.78, 5) is 15.0. The van der Waals surface area contributed by atoms with E-state index in [-0.39, 0.29) is 10.1 Å². The van der Waals surface area contributed by atoms with E-state index in [2.05, 4.69) is 64.2 Å². The van der Waals surface area contributed by atoms with Gasteiger partial charge in [0.2, 0.25) is 5.91 Å². The fourth-order valence-corrected chi connectivity index (χ4v) is 8.89. The Labute approximate surface area is 162 Å². The number of piperidine rings is 1. The van der Waals surface area contributed by atoms with Crippen molar-refractivity contribution in [3.8, 4) is 0 Å². The SMILES string of the molecule is CCN1C(=O)C[C@@H]2C[C@H]1c1c(n(COC)c3ccccc13)C21SCCS1. The molecule has 0 unspecified atom stereocenters. The van der Waals surface area contributed by atoms with E-state index in [1.54, 1.807) is 7.11 Å². The molecule has 5 rings (SSSR count). The number of ether oxygens (including phenoxy) is 1. The average molecular weight is 389 g/mol. The fourth-order valence-electron chi connectivity index (χ4n) is 5.24. The summed E-state index contributed by atoms with van der Waals surface area (Å²) in [6.45, 7) is 3.46. The molecule has 1 aromatic carbocycles. The third-order valence-electron chi connectivity index (χ3n) is 6.15. The van der Waals surface area contributed by atoms with Crippen molar-refractivity contribution >= 4 is 40.3 Å². The zero-order chi connectivity index (χ0) is 17.9. The number of carbonyl (C=O) groups excluding carboxylic acids is 1. The second-order valence-corrected chi connectivity index (χ2v) is 10.3. The number of nitrogens with zero attached hydrogens (tertiary/aromatic N) is 2. The van der Waals surface area contributed by atoms with E-state index < -0.39 is 0 Å². The number of thioether (sulfide) groups is 2. The predicted molar refractivity (Wildman–Crippen MR) is 108 cm³/mol. The number of carbonyl (C=O) groups is 1.